The second-order valence-corrected chi connectivity index (χ2v) is 6.75. The average molecular weight is 406 g/mol. The van der Waals surface area contributed by atoms with Crippen LogP contribution in [-0.2, 0) is 6.61 Å². The van der Waals surface area contributed by atoms with Crippen LogP contribution in [0.1, 0.15) is 23.7 Å². The summed E-state index contributed by atoms with van der Waals surface area (Å²) in [5, 5.41) is 14.2. The van der Waals surface area contributed by atoms with Gasteiger partial charge in [-0.3, -0.25) is 0 Å². The van der Waals surface area contributed by atoms with Crippen LogP contribution in [-0.4, -0.2) is 36.6 Å². The van der Waals surface area contributed by atoms with Gasteiger partial charge in [0, 0.05) is 6.20 Å². The van der Waals surface area contributed by atoms with Crippen molar-refractivity contribution in [2.45, 2.75) is 27.4 Å². The van der Waals surface area contributed by atoms with Crippen molar-refractivity contribution < 1.29 is 9.47 Å². The fourth-order valence-electron chi connectivity index (χ4n) is 3.19. The zero-order valence-corrected chi connectivity index (χ0v) is 17.0. The average Bonchev–Trinajstić information content (AvgIpc) is 3.36. The van der Waals surface area contributed by atoms with Gasteiger partial charge in [0.1, 0.15) is 18.1 Å². The van der Waals surface area contributed by atoms with E-state index in [0.29, 0.717) is 23.6 Å². The zero-order chi connectivity index (χ0) is 21.1. The van der Waals surface area contributed by atoms with Gasteiger partial charge in [-0.1, -0.05) is 6.07 Å². The Morgan fingerprint density at radius 1 is 1.07 bits per heavy atom. The van der Waals surface area contributed by atoms with E-state index in [0.717, 1.165) is 22.7 Å². The molecule has 0 spiro atoms. The van der Waals surface area contributed by atoms with E-state index in [9.17, 15) is 4.79 Å². The first-order valence-corrected chi connectivity index (χ1v) is 9.58. The molecule has 1 N–H and O–H groups in total. The first kappa shape index (κ1) is 19.4. The summed E-state index contributed by atoms with van der Waals surface area (Å²) in [6.45, 7) is 6.52. The van der Waals surface area contributed by atoms with Gasteiger partial charge in [0.15, 0.2) is 0 Å². The van der Waals surface area contributed by atoms with Gasteiger partial charge in [-0.2, -0.15) is 9.78 Å². The molecule has 0 atom stereocenters. The maximum atomic E-state index is 12.0. The van der Waals surface area contributed by atoms with Crippen LogP contribution in [0.25, 0.3) is 11.4 Å². The summed E-state index contributed by atoms with van der Waals surface area (Å²) in [6.07, 6.45) is 1.92. The lowest BCUT2D eigenvalue weighted by Gasteiger charge is -2.16. The summed E-state index contributed by atoms with van der Waals surface area (Å²) in [6, 6.07) is 13.3. The number of aryl methyl sites for hydroxylation is 2. The number of nitrogens with zero attached hydrogens (tertiary/aromatic N) is 5. The minimum Gasteiger partial charge on any atom is -0.493 e. The predicted molar refractivity (Wildman–Crippen MR) is 111 cm³/mol. The molecule has 0 amide bonds. The van der Waals surface area contributed by atoms with Gasteiger partial charge in [-0.25, -0.2) is 14.6 Å². The van der Waals surface area contributed by atoms with Crippen LogP contribution in [0.4, 0.5) is 0 Å². The minimum absolute atomic E-state index is 0.200. The Hall–Kier alpha value is -3.88. The van der Waals surface area contributed by atoms with Gasteiger partial charge < -0.3 is 9.47 Å². The van der Waals surface area contributed by atoms with E-state index in [1.807, 2.05) is 62.0 Å². The second-order valence-electron chi connectivity index (χ2n) is 6.75. The maximum Gasteiger partial charge on any atom is 0.365 e. The van der Waals surface area contributed by atoms with E-state index in [-0.39, 0.29) is 6.61 Å². The van der Waals surface area contributed by atoms with Gasteiger partial charge in [-0.05, 0) is 73.2 Å². The first-order valence-electron chi connectivity index (χ1n) is 9.58. The highest BCUT2D eigenvalue weighted by molar-refractivity contribution is 5.49. The van der Waals surface area contributed by atoms with Crippen LogP contribution in [0.15, 0.2) is 53.5 Å². The van der Waals surface area contributed by atoms with Crippen LogP contribution >= 0.6 is 0 Å². The van der Waals surface area contributed by atoms with Crippen molar-refractivity contribution in [1.29, 1.82) is 0 Å². The molecule has 9 heteroatoms. The zero-order valence-electron chi connectivity index (χ0n) is 17.0. The fraction of sp³-hybridized carbons (Fsp3) is 0.238. The Morgan fingerprint density at radius 2 is 1.93 bits per heavy atom. The van der Waals surface area contributed by atoms with Crippen LogP contribution in [0.2, 0.25) is 0 Å². The minimum atomic E-state index is -0.431. The Balaban J connectivity index is 1.63. The van der Waals surface area contributed by atoms with Crippen molar-refractivity contribution in [3.05, 3.63) is 76.0 Å². The number of nitrogens with one attached hydrogen (secondary N) is 1. The Bertz CT molecular complexity index is 1220. The van der Waals surface area contributed by atoms with Crippen molar-refractivity contribution in [3.63, 3.8) is 0 Å². The quantitative estimate of drug-likeness (QED) is 0.507. The number of aromatic nitrogens is 6. The highest BCUT2D eigenvalue weighted by atomic mass is 16.5. The molecule has 0 saturated carbocycles. The number of hydrogen-bond acceptors (Lipinski definition) is 6. The molecule has 0 fully saturated rings. The lowest BCUT2D eigenvalue weighted by atomic mass is 10.1. The Morgan fingerprint density at radius 3 is 2.60 bits per heavy atom. The number of H-pyrrole nitrogens is 1. The number of rotatable bonds is 7. The standard InChI is InChI=1S/C21H22N6O3/c1-4-29-20-7-5-6-18(27-21(28)22-24-25-27)17(20)13-30-19-9-8-16(12-14(19)2)26-11-10-15(3)23-26/h5-12H,4,13H2,1-3H3,(H,22,25,28). The summed E-state index contributed by atoms with van der Waals surface area (Å²) < 4.78 is 14.9. The van der Waals surface area contributed by atoms with Crippen molar-refractivity contribution in [1.82, 2.24) is 30.0 Å². The lowest BCUT2D eigenvalue weighted by Crippen LogP contribution is -2.18. The molecule has 2 aromatic heterocycles. The fourth-order valence-corrected chi connectivity index (χ4v) is 3.19. The number of tetrazole rings is 1. The van der Waals surface area contributed by atoms with Crippen molar-refractivity contribution in [2.75, 3.05) is 6.61 Å². The van der Waals surface area contributed by atoms with Crippen LogP contribution < -0.4 is 15.2 Å². The molecule has 0 aliphatic rings. The number of ether oxygens (including phenoxy) is 2. The van der Waals surface area contributed by atoms with E-state index in [1.54, 1.807) is 12.1 Å². The topological polar surface area (TPSA) is 99.9 Å². The molecule has 0 bridgehead atoms. The summed E-state index contributed by atoms with van der Waals surface area (Å²) in [4.78, 5) is 12.0. The third kappa shape index (κ3) is 3.82. The summed E-state index contributed by atoms with van der Waals surface area (Å²) in [5.74, 6) is 1.36. The molecule has 0 radical (unpaired) electrons. The molecule has 0 aliphatic heterocycles. The number of benzene rings is 2. The van der Waals surface area contributed by atoms with E-state index >= 15 is 0 Å². The molecule has 4 rings (SSSR count). The van der Waals surface area contributed by atoms with Gasteiger partial charge >= 0.3 is 5.69 Å². The smallest absolute Gasteiger partial charge is 0.365 e. The molecule has 2 heterocycles. The maximum absolute atomic E-state index is 12.0. The van der Waals surface area contributed by atoms with Gasteiger partial charge in [0.25, 0.3) is 0 Å². The van der Waals surface area contributed by atoms with Crippen molar-refractivity contribution in [2.24, 2.45) is 0 Å². The van der Waals surface area contributed by atoms with E-state index in [2.05, 4.69) is 20.6 Å². The lowest BCUT2D eigenvalue weighted by molar-refractivity contribution is 0.284. The van der Waals surface area contributed by atoms with Gasteiger partial charge in [-0.15, -0.1) is 0 Å². The van der Waals surface area contributed by atoms with Gasteiger partial charge in [0.05, 0.1) is 29.2 Å². The first-order chi connectivity index (χ1) is 14.6. The van der Waals surface area contributed by atoms with E-state index in [4.69, 9.17) is 9.47 Å². The number of hydrogen-bond donors (Lipinski definition) is 1. The predicted octanol–water partition coefficient (Wildman–Crippen LogP) is 2.74. The molecule has 2 aromatic carbocycles. The SMILES string of the molecule is CCOc1cccc(-n2nn[nH]c2=O)c1COc1ccc(-n2ccc(C)n2)cc1C. The molecule has 0 unspecified atom stereocenters. The molecule has 0 aliphatic carbocycles. The normalized spacial score (nSPS) is 10.9. The summed E-state index contributed by atoms with van der Waals surface area (Å²) in [5.41, 5.74) is 3.71. The largest absolute Gasteiger partial charge is 0.493 e. The molecule has 0 saturated heterocycles. The van der Waals surface area contributed by atoms with Crippen molar-refractivity contribution >= 4 is 0 Å². The monoisotopic (exact) mass is 406 g/mol. The highest BCUT2D eigenvalue weighted by Crippen LogP contribution is 2.28. The molecule has 30 heavy (non-hydrogen) atoms. The van der Waals surface area contributed by atoms with Crippen LogP contribution in [0.5, 0.6) is 11.5 Å². The second kappa shape index (κ2) is 8.24. The molecular weight excluding hydrogens is 384 g/mol. The van der Waals surface area contributed by atoms with E-state index < -0.39 is 5.69 Å². The summed E-state index contributed by atoms with van der Waals surface area (Å²) >= 11 is 0. The van der Waals surface area contributed by atoms with Gasteiger partial charge in [0.2, 0.25) is 0 Å². The molecule has 154 valence electrons. The third-order valence-electron chi connectivity index (χ3n) is 4.63. The van der Waals surface area contributed by atoms with Crippen molar-refractivity contribution in [3.8, 4) is 22.9 Å². The highest BCUT2D eigenvalue weighted by Gasteiger charge is 2.16. The number of aromatic amines is 1. The van der Waals surface area contributed by atoms with E-state index in [1.165, 1.54) is 4.68 Å². The Kier molecular flexibility index (Phi) is 5.34. The molecular formula is C21H22N6O3. The molecule has 4 aromatic rings. The third-order valence-corrected chi connectivity index (χ3v) is 4.63. The summed E-state index contributed by atoms with van der Waals surface area (Å²) in [7, 11) is 0. The molecule has 9 nitrogen and oxygen atoms in total. The van der Waals surface area contributed by atoms with Crippen LogP contribution in [0.3, 0.4) is 0 Å². The Labute approximate surface area is 172 Å². The van der Waals surface area contributed by atoms with Crippen LogP contribution in [0, 0.1) is 13.8 Å².